The Morgan fingerprint density at radius 3 is 2.84 bits per heavy atom. The van der Waals surface area contributed by atoms with Gasteiger partial charge in [0.25, 0.3) is 0 Å². The molecule has 1 aromatic rings. The molecule has 0 aliphatic heterocycles. The summed E-state index contributed by atoms with van der Waals surface area (Å²) in [6.07, 6.45) is -2.86. The number of nitrogens with two attached hydrogens (primary N) is 1. The van der Waals surface area contributed by atoms with E-state index in [2.05, 4.69) is 15.3 Å². The van der Waals surface area contributed by atoms with E-state index in [0.29, 0.717) is 13.0 Å². The smallest absolute Gasteiger partial charge is 0.376 e. The van der Waals surface area contributed by atoms with Crippen molar-refractivity contribution < 1.29 is 17.9 Å². The minimum atomic E-state index is -4.49. The predicted molar refractivity (Wildman–Crippen MR) is 62.5 cm³/mol. The first-order valence-electron chi connectivity index (χ1n) is 5.95. The zero-order chi connectivity index (χ0) is 14.0. The van der Waals surface area contributed by atoms with Crippen LogP contribution in [-0.2, 0) is 10.9 Å². The first-order chi connectivity index (χ1) is 8.91. The molecule has 0 spiro atoms. The lowest BCUT2D eigenvalue weighted by atomic mass is 9.83. The van der Waals surface area contributed by atoms with Gasteiger partial charge >= 0.3 is 6.18 Å². The van der Waals surface area contributed by atoms with Gasteiger partial charge in [-0.25, -0.2) is 9.97 Å². The second-order valence-electron chi connectivity index (χ2n) is 4.33. The number of alkyl halides is 3. The van der Waals surface area contributed by atoms with Gasteiger partial charge in [0.1, 0.15) is 5.69 Å². The third kappa shape index (κ3) is 3.13. The lowest BCUT2D eigenvalue weighted by molar-refractivity contribution is -0.141. The van der Waals surface area contributed by atoms with Gasteiger partial charge in [0.05, 0.1) is 12.1 Å². The van der Waals surface area contributed by atoms with Crippen LogP contribution in [0.25, 0.3) is 0 Å². The van der Waals surface area contributed by atoms with Crippen molar-refractivity contribution >= 4 is 5.95 Å². The fourth-order valence-electron chi connectivity index (χ4n) is 1.96. The Hall–Kier alpha value is -1.41. The Labute approximate surface area is 108 Å². The Morgan fingerprint density at radius 2 is 2.26 bits per heavy atom. The first kappa shape index (κ1) is 14.0. The summed E-state index contributed by atoms with van der Waals surface area (Å²) in [5, 5.41) is 2.80. The van der Waals surface area contributed by atoms with Crippen molar-refractivity contribution in [3.05, 3.63) is 18.0 Å². The number of ether oxygens (including phenoxy) is 1. The van der Waals surface area contributed by atoms with Gasteiger partial charge in [0.15, 0.2) is 0 Å². The van der Waals surface area contributed by atoms with Gasteiger partial charge in [-0.2, -0.15) is 13.2 Å². The van der Waals surface area contributed by atoms with Gasteiger partial charge in [0.2, 0.25) is 5.95 Å². The van der Waals surface area contributed by atoms with Crippen molar-refractivity contribution in [3.8, 4) is 0 Å². The lowest BCUT2D eigenvalue weighted by Gasteiger charge is -2.42. The topological polar surface area (TPSA) is 73.1 Å². The summed E-state index contributed by atoms with van der Waals surface area (Å²) in [7, 11) is 0. The molecule has 5 nitrogen and oxygen atoms in total. The van der Waals surface area contributed by atoms with Crippen LogP contribution in [0.3, 0.4) is 0 Å². The Kier molecular flexibility index (Phi) is 3.91. The highest BCUT2D eigenvalue weighted by Crippen LogP contribution is 2.29. The summed E-state index contributed by atoms with van der Waals surface area (Å²) in [6, 6.07) is 0.393. The van der Waals surface area contributed by atoms with E-state index in [0.717, 1.165) is 12.3 Å². The van der Waals surface area contributed by atoms with E-state index in [-0.39, 0.29) is 24.1 Å². The highest BCUT2D eigenvalue weighted by atomic mass is 19.4. The Balaban J connectivity index is 2.07. The summed E-state index contributed by atoms with van der Waals surface area (Å²) in [5.74, 6) is -0.0836. The van der Waals surface area contributed by atoms with Crippen molar-refractivity contribution in [1.29, 1.82) is 0 Å². The molecule has 0 radical (unpaired) electrons. The van der Waals surface area contributed by atoms with Gasteiger partial charge in [-0.15, -0.1) is 0 Å². The molecule has 8 heteroatoms. The molecule has 19 heavy (non-hydrogen) atoms. The highest BCUT2D eigenvalue weighted by Gasteiger charge is 2.40. The van der Waals surface area contributed by atoms with Gasteiger partial charge in [0, 0.05) is 18.8 Å². The second kappa shape index (κ2) is 5.30. The van der Waals surface area contributed by atoms with Gasteiger partial charge in [-0.05, 0) is 19.4 Å². The van der Waals surface area contributed by atoms with Crippen molar-refractivity contribution in [1.82, 2.24) is 9.97 Å². The molecule has 3 unspecified atom stereocenters. The maximum atomic E-state index is 12.5. The highest BCUT2D eigenvalue weighted by molar-refractivity contribution is 5.31. The van der Waals surface area contributed by atoms with Gasteiger partial charge in [-0.1, -0.05) is 0 Å². The fraction of sp³-hybridized carbons (Fsp3) is 0.636. The van der Waals surface area contributed by atoms with Crippen LogP contribution in [0.2, 0.25) is 0 Å². The summed E-state index contributed by atoms with van der Waals surface area (Å²) in [6.45, 7) is 2.38. The van der Waals surface area contributed by atoms with E-state index in [4.69, 9.17) is 10.5 Å². The normalized spacial score (nSPS) is 26.9. The molecule has 1 aromatic heterocycles. The molecular weight excluding hydrogens is 261 g/mol. The number of halogens is 3. The molecule has 0 bridgehead atoms. The van der Waals surface area contributed by atoms with E-state index in [9.17, 15) is 13.2 Å². The Morgan fingerprint density at radius 1 is 1.53 bits per heavy atom. The standard InChI is InChI=1S/C11H15F3N4O/c1-2-19-7-5-6(15)9(7)18-10-16-4-3-8(17-10)11(12,13)14/h3-4,6-7,9H,2,5,15H2,1H3,(H,16,17,18). The average Bonchev–Trinajstić information content (AvgIpc) is 2.35. The number of hydrogen-bond acceptors (Lipinski definition) is 5. The molecule has 0 amide bonds. The zero-order valence-electron chi connectivity index (χ0n) is 10.3. The van der Waals surface area contributed by atoms with Crippen LogP contribution in [0.1, 0.15) is 19.0 Å². The van der Waals surface area contributed by atoms with Crippen molar-refractivity contribution in [2.75, 3.05) is 11.9 Å². The number of aromatic nitrogens is 2. The monoisotopic (exact) mass is 276 g/mol. The van der Waals surface area contributed by atoms with Crippen molar-refractivity contribution in [2.45, 2.75) is 37.7 Å². The Bertz CT molecular complexity index is 438. The lowest BCUT2D eigenvalue weighted by Crippen LogP contribution is -2.60. The summed E-state index contributed by atoms with van der Waals surface area (Å²) in [5.41, 5.74) is 4.81. The van der Waals surface area contributed by atoms with Crippen LogP contribution < -0.4 is 11.1 Å². The van der Waals surface area contributed by atoms with Crippen LogP contribution >= 0.6 is 0 Å². The molecule has 1 aliphatic rings. The molecule has 1 saturated carbocycles. The summed E-state index contributed by atoms with van der Waals surface area (Å²) in [4.78, 5) is 7.21. The SMILES string of the molecule is CCOC1CC(N)C1Nc1nccc(C(F)(F)F)n1. The predicted octanol–water partition coefficient (Wildman–Crippen LogP) is 1.41. The average molecular weight is 276 g/mol. The molecule has 2 rings (SSSR count). The molecule has 0 aromatic carbocycles. The quantitative estimate of drug-likeness (QED) is 0.870. The molecule has 3 N–H and O–H groups in total. The maximum absolute atomic E-state index is 12.5. The summed E-state index contributed by atoms with van der Waals surface area (Å²) >= 11 is 0. The zero-order valence-corrected chi connectivity index (χ0v) is 10.3. The van der Waals surface area contributed by atoms with Crippen LogP contribution in [0.5, 0.6) is 0 Å². The number of rotatable bonds is 4. The fourth-order valence-corrected chi connectivity index (χ4v) is 1.96. The molecule has 1 fully saturated rings. The van der Waals surface area contributed by atoms with Crippen molar-refractivity contribution in [3.63, 3.8) is 0 Å². The molecule has 3 atom stereocenters. The molecule has 1 heterocycles. The van der Waals surface area contributed by atoms with Gasteiger partial charge in [-0.3, -0.25) is 0 Å². The molecule has 106 valence electrons. The van der Waals surface area contributed by atoms with Crippen LogP contribution in [-0.4, -0.2) is 34.8 Å². The van der Waals surface area contributed by atoms with E-state index in [1.165, 1.54) is 0 Å². The van der Waals surface area contributed by atoms with Gasteiger partial charge < -0.3 is 15.8 Å². The van der Waals surface area contributed by atoms with Crippen LogP contribution in [0.15, 0.2) is 12.3 Å². The van der Waals surface area contributed by atoms with Crippen LogP contribution in [0, 0.1) is 0 Å². The third-order valence-corrected chi connectivity index (χ3v) is 2.99. The number of hydrogen-bond donors (Lipinski definition) is 2. The maximum Gasteiger partial charge on any atom is 0.433 e. The molecule has 0 saturated heterocycles. The van der Waals surface area contributed by atoms with E-state index in [1.54, 1.807) is 0 Å². The van der Waals surface area contributed by atoms with E-state index in [1.807, 2.05) is 6.92 Å². The minimum absolute atomic E-state index is 0.0836. The molecular formula is C11H15F3N4O. The first-order valence-corrected chi connectivity index (χ1v) is 5.95. The van der Waals surface area contributed by atoms with Crippen LogP contribution in [0.4, 0.5) is 19.1 Å². The second-order valence-corrected chi connectivity index (χ2v) is 4.33. The number of nitrogens with one attached hydrogen (secondary N) is 1. The van der Waals surface area contributed by atoms with E-state index < -0.39 is 11.9 Å². The minimum Gasteiger partial charge on any atom is -0.376 e. The van der Waals surface area contributed by atoms with Crippen molar-refractivity contribution in [2.24, 2.45) is 5.73 Å². The summed E-state index contributed by atoms with van der Waals surface area (Å²) < 4.78 is 42.9. The largest absolute Gasteiger partial charge is 0.433 e. The molecule has 1 aliphatic carbocycles. The number of anilines is 1. The van der Waals surface area contributed by atoms with E-state index >= 15 is 0 Å². The third-order valence-electron chi connectivity index (χ3n) is 2.99. The number of nitrogens with zero attached hydrogens (tertiary/aromatic N) is 2.